The van der Waals surface area contributed by atoms with Crippen molar-refractivity contribution in [2.24, 2.45) is 5.41 Å². The number of non-ortho nitro benzene ring substituents is 1. The first kappa shape index (κ1) is 26.1. The summed E-state index contributed by atoms with van der Waals surface area (Å²) in [6.45, 7) is 4.14. The normalized spacial score (nSPS) is 19.0. The van der Waals surface area contributed by atoms with Crippen LogP contribution in [0.15, 0.2) is 95.7 Å². The van der Waals surface area contributed by atoms with Gasteiger partial charge in [0.05, 0.1) is 10.6 Å². The number of fused-ring (bicyclic) bond motifs is 2. The van der Waals surface area contributed by atoms with E-state index in [1.54, 1.807) is 24.3 Å². The molecule has 1 N–H and O–H groups in total. The van der Waals surface area contributed by atoms with Gasteiger partial charge in [-0.05, 0) is 53.3 Å². The van der Waals surface area contributed by atoms with Gasteiger partial charge in [0, 0.05) is 58.5 Å². The van der Waals surface area contributed by atoms with Crippen LogP contribution in [0, 0.1) is 15.5 Å². The Morgan fingerprint density at radius 1 is 0.951 bits per heavy atom. The van der Waals surface area contributed by atoms with Crippen molar-refractivity contribution in [3.8, 4) is 5.75 Å². The van der Waals surface area contributed by atoms with Gasteiger partial charge in [-0.3, -0.25) is 19.7 Å². The van der Waals surface area contributed by atoms with Gasteiger partial charge in [-0.2, -0.15) is 0 Å². The van der Waals surface area contributed by atoms with E-state index in [1.807, 2.05) is 24.3 Å². The Hall–Kier alpha value is -5.11. The van der Waals surface area contributed by atoms with Crippen LogP contribution in [0.5, 0.6) is 5.75 Å². The maximum atomic E-state index is 13.6. The van der Waals surface area contributed by atoms with Crippen molar-refractivity contribution < 1.29 is 24.0 Å². The van der Waals surface area contributed by atoms with E-state index in [-0.39, 0.29) is 22.7 Å². The van der Waals surface area contributed by atoms with Gasteiger partial charge in [-0.25, -0.2) is 4.79 Å². The van der Waals surface area contributed by atoms with E-state index >= 15 is 0 Å². The van der Waals surface area contributed by atoms with E-state index in [2.05, 4.69) is 19.2 Å². The van der Waals surface area contributed by atoms with E-state index in [0.29, 0.717) is 40.9 Å². The second-order valence-electron chi connectivity index (χ2n) is 11.2. The smallest absolute Gasteiger partial charge is 0.336 e. The molecule has 0 radical (unpaired) electrons. The third kappa shape index (κ3) is 4.78. The molecule has 1 atom stereocenters. The van der Waals surface area contributed by atoms with Gasteiger partial charge in [0.15, 0.2) is 11.6 Å². The van der Waals surface area contributed by atoms with Crippen molar-refractivity contribution >= 4 is 35.0 Å². The Balaban J connectivity index is 1.28. The van der Waals surface area contributed by atoms with Gasteiger partial charge in [0.1, 0.15) is 5.75 Å². The number of nitro groups is 1. The molecule has 3 aromatic carbocycles. The Labute approximate surface area is 236 Å². The number of ketones is 2. The summed E-state index contributed by atoms with van der Waals surface area (Å²) in [5, 5.41) is 14.3. The molecule has 1 heterocycles. The van der Waals surface area contributed by atoms with Crippen molar-refractivity contribution in [2.45, 2.75) is 32.6 Å². The zero-order valence-corrected chi connectivity index (χ0v) is 22.5. The van der Waals surface area contributed by atoms with Crippen molar-refractivity contribution in [1.82, 2.24) is 5.32 Å². The first-order valence-corrected chi connectivity index (χ1v) is 13.3. The number of Topliss-reactive ketones (excluding diaryl/α,β-unsaturated/α-hetero) is 2. The molecule has 0 aromatic heterocycles. The van der Waals surface area contributed by atoms with Gasteiger partial charge in [-0.1, -0.05) is 50.2 Å². The van der Waals surface area contributed by atoms with Crippen LogP contribution in [0.2, 0.25) is 0 Å². The molecule has 1 unspecified atom stereocenters. The molecule has 41 heavy (non-hydrogen) atoms. The molecule has 0 spiro atoms. The minimum atomic E-state index is -0.612. The third-order valence-corrected chi connectivity index (χ3v) is 7.68. The summed E-state index contributed by atoms with van der Waals surface area (Å²) < 4.78 is 5.45. The molecule has 3 aliphatic rings. The first-order valence-electron chi connectivity index (χ1n) is 13.3. The van der Waals surface area contributed by atoms with E-state index in [0.717, 1.165) is 22.5 Å². The number of allylic oxidation sites excluding steroid dienone is 3. The molecule has 3 aromatic rings. The van der Waals surface area contributed by atoms with Crippen molar-refractivity contribution in [3.63, 3.8) is 0 Å². The number of hydrogen-bond donors (Lipinski definition) is 1. The number of hydrogen-bond acceptors (Lipinski definition) is 7. The Kier molecular flexibility index (Phi) is 6.26. The fourth-order valence-electron chi connectivity index (χ4n) is 5.87. The average Bonchev–Trinajstić information content (AvgIpc) is 3.22. The van der Waals surface area contributed by atoms with Crippen LogP contribution in [0.3, 0.4) is 0 Å². The van der Waals surface area contributed by atoms with Crippen LogP contribution in [0.25, 0.3) is 11.8 Å². The van der Waals surface area contributed by atoms with E-state index in [4.69, 9.17) is 4.74 Å². The summed E-state index contributed by atoms with van der Waals surface area (Å²) in [6.07, 6.45) is 3.84. The highest BCUT2D eigenvalue weighted by Crippen LogP contribution is 2.51. The number of dihydropyridines is 1. The molecule has 0 saturated carbocycles. The fraction of sp³-hybridized carbons (Fsp3) is 0.182. The molecular formula is C33H26N2O6. The first-order chi connectivity index (χ1) is 19.6. The zero-order valence-electron chi connectivity index (χ0n) is 22.5. The predicted octanol–water partition coefficient (Wildman–Crippen LogP) is 6.15. The summed E-state index contributed by atoms with van der Waals surface area (Å²) in [5.41, 5.74) is 5.40. The monoisotopic (exact) mass is 546 g/mol. The molecule has 0 fully saturated rings. The highest BCUT2D eigenvalue weighted by molar-refractivity contribution is 6.23. The lowest BCUT2D eigenvalue weighted by atomic mass is 9.68. The number of ether oxygens (including phenoxy) is 1. The number of nitro benzene ring substituents is 1. The third-order valence-electron chi connectivity index (χ3n) is 7.68. The lowest BCUT2D eigenvalue weighted by molar-refractivity contribution is -0.384. The lowest BCUT2D eigenvalue weighted by Gasteiger charge is -2.39. The number of carbonyl (C=O) groups is 3. The van der Waals surface area contributed by atoms with Crippen molar-refractivity contribution in [3.05, 3.63) is 128 Å². The lowest BCUT2D eigenvalue weighted by Crippen LogP contribution is -2.37. The Morgan fingerprint density at radius 3 is 2.32 bits per heavy atom. The molecule has 0 saturated heterocycles. The van der Waals surface area contributed by atoms with E-state index in [1.165, 1.54) is 36.4 Å². The molecule has 8 heteroatoms. The predicted molar refractivity (Wildman–Crippen MR) is 153 cm³/mol. The number of carbonyl (C=O) groups excluding carboxylic acids is 3. The second kappa shape index (κ2) is 9.82. The maximum Gasteiger partial charge on any atom is 0.336 e. The standard InChI is InChI=1S/C33H26N2O6/c1-33(2)17-25-29(26(36)18-33)28(30-31(34-25)23-5-3-4-6-24(23)32(30)38)20-10-14-22(15-11-20)41-27(37)16-9-19-7-12-21(13-8-19)35(39)40/h3-16,28,34H,17-18H2,1-2H3. The van der Waals surface area contributed by atoms with Crippen molar-refractivity contribution in [1.29, 1.82) is 0 Å². The van der Waals surface area contributed by atoms with Crippen LogP contribution >= 0.6 is 0 Å². The van der Waals surface area contributed by atoms with Crippen LogP contribution in [0.1, 0.15) is 59.7 Å². The van der Waals surface area contributed by atoms with Gasteiger partial charge in [0.25, 0.3) is 5.69 Å². The van der Waals surface area contributed by atoms with Gasteiger partial charge in [-0.15, -0.1) is 0 Å². The van der Waals surface area contributed by atoms with Crippen LogP contribution in [-0.4, -0.2) is 22.5 Å². The largest absolute Gasteiger partial charge is 0.423 e. The Morgan fingerprint density at radius 2 is 1.63 bits per heavy atom. The second-order valence-corrected chi connectivity index (χ2v) is 11.2. The number of benzene rings is 3. The zero-order chi connectivity index (χ0) is 28.9. The molecule has 1 aliphatic heterocycles. The van der Waals surface area contributed by atoms with E-state index < -0.39 is 16.8 Å². The fourth-order valence-corrected chi connectivity index (χ4v) is 5.87. The molecule has 0 amide bonds. The van der Waals surface area contributed by atoms with Gasteiger partial charge >= 0.3 is 5.97 Å². The molecule has 0 bridgehead atoms. The van der Waals surface area contributed by atoms with Crippen LogP contribution in [-0.2, 0) is 9.59 Å². The number of rotatable bonds is 5. The number of nitrogens with zero attached hydrogens (tertiary/aromatic N) is 1. The minimum absolute atomic E-state index is 0.0240. The summed E-state index contributed by atoms with van der Waals surface area (Å²) in [4.78, 5) is 49.9. The summed E-state index contributed by atoms with van der Waals surface area (Å²) in [7, 11) is 0. The Bertz CT molecular complexity index is 1730. The summed E-state index contributed by atoms with van der Waals surface area (Å²) in [5.74, 6) is -0.905. The van der Waals surface area contributed by atoms with Gasteiger partial charge < -0.3 is 10.1 Å². The molecule has 8 nitrogen and oxygen atoms in total. The minimum Gasteiger partial charge on any atom is -0.423 e. The van der Waals surface area contributed by atoms with Crippen LogP contribution < -0.4 is 10.1 Å². The molecule has 6 rings (SSSR count). The van der Waals surface area contributed by atoms with E-state index in [9.17, 15) is 24.5 Å². The number of esters is 1. The maximum absolute atomic E-state index is 13.6. The summed E-state index contributed by atoms with van der Waals surface area (Å²) >= 11 is 0. The molecular weight excluding hydrogens is 520 g/mol. The molecule has 204 valence electrons. The van der Waals surface area contributed by atoms with Crippen molar-refractivity contribution in [2.75, 3.05) is 0 Å². The number of nitrogens with one attached hydrogen (secondary N) is 1. The van der Waals surface area contributed by atoms with Gasteiger partial charge in [0.2, 0.25) is 0 Å². The topological polar surface area (TPSA) is 116 Å². The van der Waals surface area contributed by atoms with Crippen LogP contribution in [0.4, 0.5) is 5.69 Å². The quantitative estimate of drug-likeness (QED) is 0.134. The SMILES string of the molecule is CC1(C)CC(=O)C2=C(C1)NC1=C(C(=O)c3ccccc31)C2c1ccc(OC(=O)C=Cc2ccc([N+](=O)[O-])cc2)cc1. The average molecular weight is 547 g/mol. The molecule has 2 aliphatic carbocycles. The highest BCUT2D eigenvalue weighted by atomic mass is 16.6. The summed E-state index contributed by atoms with van der Waals surface area (Å²) in [6, 6.07) is 20.2. The highest BCUT2D eigenvalue weighted by Gasteiger charge is 2.46.